The van der Waals surface area contributed by atoms with Crippen molar-refractivity contribution in [3.63, 3.8) is 0 Å². The van der Waals surface area contributed by atoms with E-state index in [1.54, 1.807) is 20.8 Å². The number of benzene rings is 2. The Morgan fingerprint density at radius 2 is 1.15 bits per heavy atom. The fourth-order valence-corrected chi connectivity index (χ4v) is 8.82. The predicted octanol–water partition coefficient (Wildman–Crippen LogP) is -4.72. The van der Waals surface area contributed by atoms with Crippen LogP contribution >= 0.6 is 0 Å². The van der Waals surface area contributed by atoms with Crippen LogP contribution in [0.3, 0.4) is 0 Å². The zero-order valence-corrected chi connectivity index (χ0v) is 47.0. The SMILES string of the molecule is CC[C@@H]1NC(=O)[C@@H](CC(C)C)NC(=O)[C@H](CCN)NC(=O)[C@@H](NC(=O)[C@H](CN)NC(=O)[C@@H](NC(=O)CC(CN)c2cccc(-c3ccccc3)c2)[C@@H](C)O)CCNC(=O)[C@H]([C@@H](C)O)NC(=O)[C@H](CCN)NC(=O)[C@H](CCCN)NC1=O. The molecule has 12 atom stereocenters. The van der Waals surface area contributed by atoms with Crippen molar-refractivity contribution in [1.29, 1.82) is 0 Å². The van der Waals surface area contributed by atoms with Crippen molar-refractivity contribution in [3.05, 3.63) is 60.2 Å². The van der Waals surface area contributed by atoms with Gasteiger partial charge in [-0.1, -0.05) is 75.4 Å². The molecule has 450 valence electrons. The number of aliphatic hydroxyl groups excluding tert-OH is 2. The first-order valence-corrected chi connectivity index (χ1v) is 27.5. The molecule has 27 heteroatoms. The number of nitrogens with one attached hydrogen (secondary N) is 10. The summed E-state index contributed by atoms with van der Waals surface area (Å²) < 4.78 is 0. The van der Waals surface area contributed by atoms with E-state index in [0.717, 1.165) is 16.7 Å². The largest absolute Gasteiger partial charge is 0.391 e. The molecule has 0 aromatic heterocycles. The fraction of sp³-hybridized carbons (Fsp3) is 0.593. The van der Waals surface area contributed by atoms with E-state index >= 15 is 0 Å². The summed E-state index contributed by atoms with van der Waals surface area (Å²) in [4.78, 5) is 139. The van der Waals surface area contributed by atoms with E-state index in [0.29, 0.717) is 0 Å². The first-order chi connectivity index (χ1) is 38.5. The lowest BCUT2D eigenvalue weighted by molar-refractivity contribution is -0.136. The first-order valence-electron chi connectivity index (χ1n) is 27.5. The van der Waals surface area contributed by atoms with Gasteiger partial charge in [0.25, 0.3) is 0 Å². The molecule has 81 heavy (non-hydrogen) atoms. The van der Waals surface area contributed by atoms with Gasteiger partial charge in [0.2, 0.25) is 59.1 Å². The van der Waals surface area contributed by atoms with Gasteiger partial charge in [-0.15, -0.1) is 0 Å². The van der Waals surface area contributed by atoms with Crippen molar-refractivity contribution >= 4 is 59.1 Å². The number of hydrogen-bond donors (Lipinski definition) is 17. The van der Waals surface area contributed by atoms with Crippen molar-refractivity contribution in [2.24, 2.45) is 34.6 Å². The number of amides is 10. The smallest absolute Gasteiger partial charge is 0.245 e. The summed E-state index contributed by atoms with van der Waals surface area (Å²) in [5.74, 6) is -9.57. The lowest BCUT2D eigenvalue weighted by Gasteiger charge is -2.28. The highest BCUT2D eigenvalue weighted by Crippen LogP contribution is 2.26. The standard InChI is InChI=1S/C54H87N15O12/c1-6-36-46(73)62-37(16-11-20-55)47(74)64-39(18-22-57)50(77)69-44(30(4)70)53(80)60-23-19-40(49(76)63-38(17-21-56)48(75)66-41(24-29(2)3)51(78)61-36)65-52(79)42(28-59)67-54(81)45(31(5)71)68-43(72)26-35(27-58)34-15-10-14-33(25-34)32-12-8-7-9-13-32/h7-10,12-15,25,29-31,35-42,44-45,70-71H,6,11,16-24,26-28,55-59H2,1-5H3,(H,60,80)(H,61,78)(H,62,73)(H,63,76)(H,64,74)(H,65,79)(H,66,75)(H,67,81)(H,68,72)(H,69,77)/t30-,31-,35?,36+,37+,38+,39+,40+,41-,42+,44+,45+/m1/s1. The maximum absolute atomic E-state index is 14.3. The normalized spacial score (nSPS) is 23.1. The maximum Gasteiger partial charge on any atom is 0.245 e. The van der Waals surface area contributed by atoms with Crippen LogP contribution in [0.2, 0.25) is 0 Å². The zero-order valence-electron chi connectivity index (χ0n) is 47.0. The number of aliphatic hydroxyl groups is 2. The van der Waals surface area contributed by atoms with Gasteiger partial charge in [0.15, 0.2) is 0 Å². The van der Waals surface area contributed by atoms with Gasteiger partial charge >= 0.3 is 0 Å². The monoisotopic (exact) mass is 1140 g/mol. The second kappa shape index (κ2) is 34.9. The molecule has 1 unspecified atom stereocenters. The second-order valence-electron chi connectivity index (χ2n) is 20.5. The Labute approximate surface area is 472 Å². The third-order valence-electron chi connectivity index (χ3n) is 13.4. The Morgan fingerprint density at radius 3 is 1.69 bits per heavy atom. The quantitative estimate of drug-likeness (QED) is 0.0497. The molecule has 27 nitrogen and oxygen atoms in total. The van der Waals surface area contributed by atoms with Gasteiger partial charge in [-0.2, -0.15) is 0 Å². The Morgan fingerprint density at radius 1 is 0.605 bits per heavy atom. The molecule has 3 rings (SSSR count). The van der Waals surface area contributed by atoms with Crippen LogP contribution in [0.4, 0.5) is 0 Å². The van der Waals surface area contributed by atoms with Crippen molar-refractivity contribution in [2.45, 2.75) is 158 Å². The molecule has 0 aliphatic carbocycles. The van der Waals surface area contributed by atoms with Gasteiger partial charge < -0.3 is 92.0 Å². The van der Waals surface area contributed by atoms with E-state index in [1.807, 2.05) is 54.6 Å². The highest BCUT2D eigenvalue weighted by Gasteiger charge is 2.37. The molecule has 2 aromatic carbocycles. The number of carbonyl (C=O) groups excluding carboxylic acids is 10. The number of carbonyl (C=O) groups is 10. The highest BCUT2D eigenvalue weighted by molar-refractivity contribution is 5.99. The van der Waals surface area contributed by atoms with Crippen LogP contribution in [-0.4, -0.2) is 175 Å². The third-order valence-corrected chi connectivity index (χ3v) is 13.4. The average Bonchev–Trinajstić information content (AvgIpc) is 3.45. The van der Waals surface area contributed by atoms with Crippen LogP contribution in [0, 0.1) is 5.92 Å². The molecule has 0 radical (unpaired) electrons. The van der Waals surface area contributed by atoms with Gasteiger partial charge in [0.1, 0.15) is 54.4 Å². The van der Waals surface area contributed by atoms with E-state index in [9.17, 15) is 58.2 Å². The van der Waals surface area contributed by atoms with E-state index in [4.69, 9.17) is 28.7 Å². The molecular weight excluding hydrogens is 1050 g/mol. The maximum atomic E-state index is 14.3. The summed E-state index contributed by atoms with van der Waals surface area (Å²) in [7, 11) is 0. The fourth-order valence-electron chi connectivity index (χ4n) is 8.82. The van der Waals surface area contributed by atoms with Crippen molar-refractivity contribution < 1.29 is 58.2 Å². The summed E-state index contributed by atoms with van der Waals surface area (Å²) in [5.41, 5.74) is 32.2. The molecule has 1 aliphatic heterocycles. The molecule has 0 spiro atoms. The van der Waals surface area contributed by atoms with Crippen LogP contribution in [0.25, 0.3) is 11.1 Å². The summed E-state index contributed by atoms with van der Waals surface area (Å²) in [6, 6.07) is 3.89. The molecule has 0 saturated carbocycles. The summed E-state index contributed by atoms with van der Waals surface area (Å²) >= 11 is 0. The molecule has 1 aliphatic rings. The van der Waals surface area contributed by atoms with Gasteiger partial charge in [-0.3, -0.25) is 47.9 Å². The van der Waals surface area contributed by atoms with E-state index < -0.39 is 151 Å². The average molecular weight is 1140 g/mol. The third kappa shape index (κ3) is 22.0. The van der Waals surface area contributed by atoms with Crippen LogP contribution in [-0.2, 0) is 47.9 Å². The second-order valence-corrected chi connectivity index (χ2v) is 20.5. The molecule has 0 bridgehead atoms. The van der Waals surface area contributed by atoms with Crippen LogP contribution < -0.4 is 81.8 Å². The van der Waals surface area contributed by atoms with E-state index in [1.165, 1.54) is 13.8 Å². The zero-order chi connectivity index (χ0) is 60.3. The van der Waals surface area contributed by atoms with Gasteiger partial charge in [-0.05, 0) is 108 Å². The van der Waals surface area contributed by atoms with Crippen molar-refractivity contribution in [2.75, 3.05) is 39.3 Å². The first kappa shape index (κ1) is 68.1. The Kier molecular flexibility index (Phi) is 29.3. The van der Waals surface area contributed by atoms with Crippen molar-refractivity contribution in [3.8, 4) is 11.1 Å². The summed E-state index contributed by atoms with van der Waals surface area (Å²) in [5, 5.41) is 46.8. The minimum Gasteiger partial charge on any atom is -0.391 e. The van der Waals surface area contributed by atoms with Crippen LogP contribution in [0.15, 0.2) is 54.6 Å². The minimum atomic E-state index is -1.66. The van der Waals surface area contributed by atoms with E-state index in [-0.39, 0.29) is 77.0 Å². The number of nitrogens with two attached hydrogens (primary N) is 5. The molecule has 22 N–H and O–H groups in total. The molecule has 10 amide bonds. The van der Waals surface area contributed by atoms with Gasteiger partial charge in [0.05, 0.1) is 12.2 Å². The highest BCUT2D eigenvalue weighted by atomic mass is 16.3. The summed E-state index contributed by atoms with van der Waals surface area (Å²) in [6.45, 7) is 6.49. The van der Waals surface area contributed by atoms with Gasteiger partial charge in [0, 0.05) is 25.4 Å². The van der Waals surface area contributed by atoms with Crippen LogP contribution in [0.1, 0.15) is 97.5 Å². The molecular formula is C54H87N15O12. The predicted molar refractivity (Wildman–Crippen MR) is 301 cm³/mol. The van der Waals surface area contributed by atoms with E-state index in [2.05, 4.69) is 53.2 Å². The lowest BCUT2D eigenvalue weighted by atomic mass is 9.92. The molecule has 1 heterocycles. The van der Waals surface area contributed by atoms with Crippen molar-refractivity contribution in [1.82, 2.24) is 53.2 Å². The van der Waals surface area contributed by atoms with Crippen LogP contribution in [0.5, 0.6) is 0 Å². The molecule has 1 saturated heterocycles. The Bertz CT molecular complexity index is 2410. The number of rotatable bonds is 23. The number of hydrogen-bond acceptors (Lipinski definition) is 17. The lowest BCUT2D eigenvalue weighted by Crippen LogP contribution is -2.62. The summed E-state index contributed by atoms with van der Waals surface area (Å²) in [6.07, 6.45) is -3.66. The van der Waals surface area contributed by atoms with Gasteiger partial charge in [-0.25, -0.2) is 0 Å². The Hall–Kier alpha value is -7.14. The topological polar surface area (TPSA) is 462 Å². The molecule has 1 fully saturated rings. The molecule has 2 aromatic rings. The Balaban J connectivity index is 1.98. The minimum absolute atomic E-state index is 0.0177.